The Morgan fingerprint density at radius 1 is 1.05 bits per heavy atom. The summed E-state index contributed by atoms with van der Waals surface area (Å²) in [4.78, 5) is 13.2. The standard InChI is InChI=1S/C27H28F7NO2/c1-16(2)3-10-23(18-4-6-19(7-5-18)26(29,30)31)35-12-11-17(14-25(36)37)13-24(35)21-9-8-20(15-22(21)28)27(32,33)34/h4-9,15,17,23-24H,1,3,10-14H2,2H3,(H,36,37). The van der Waals surface area contributed by atoms with Crippen LogP contribution in [0.2, 0.25) is 0 Å². The third-order valence-electron chi connectivity index (χ3n) is 6.77. The Kier molecular flexibility index (Phi) is 8.72. The van der Waals surface area contributed by atoms with Crippen molar-refractivity contribution >= 4 is 5.97 Å². The lowest BCUT2D eigenvalue weighted by Gasteiger charge is -2.44. The Bertz CT molecular complexity index is 1110. The van der Waals surface area contributed by atoms with Crippen LogP contribution in [0.3, 0.4) is 0 Å². The van der Waals surface area contributed by atoms with Crippen LogP contribution >= 0.6 is 0 Å². The molecule has 1 aliphatic heterocycles. The van der Waals surface area contributed by atoms with Crippen LogP contribution in [0.15, 0.2) is 54.6 Å². The molecular formula is C27H28F7NO2. The molecule has 0 aliphatic carbocycles. The van der Waals surface area contributed by atoms with Gasteiger partial charge < -0.3 is 5.11 Å². The van der Waals surface area contributed by atoms with Crippen LogP contribution in [0.4, 0.5) is 30.7 Å². The van der Waals surface area contributed by atoms with Crippen LogP contribution in [-0.4, -0.2) is 22.5 Å². The lowest BCUT2D eigenvalue weighted by molar-refractivity contribution is -0.139. The number of benzene rings is 2. The van der Waals surface area contributed by atoms with Gasteiger partial charge in [-0.1, -0.05) is 23.8 Å². The molecule has 1 N–H and O–H groups in total. The van der Waals surface area contributed by atoms with E-state index in [1.165, 1.54) is 12.1 Å². The molecule has 0 amide bonds. The van der Waals surface area contributed by atoms with Crippen molar-refractivity contribution in [3.05, 3.63) is 82.7 Å². The van der Waals surface area contributed by atoms with Crippen LogP contribution in [0.5, 0.6) is 0 Å². The number of likely N-dealkylation sites (tertiary alicyclic amines) is 1. The second-order valence-corrected chi connectivity index (χ2v) is 9.61. The summed E-state index contributed by atoms with van der Waals surface area (Å²) in [5, 5.41) is 9.28. The van der Waals surface area contributed by atoms with E-state index in [2.05, 4.69) is 6.58 Å². The number of rotatable bonds is 8. The highest BCUT2D eigenvalue weighted by atomic mass is 19.4. The van der Waals surface area contributed by atoms with Gasteiger partial charge >= 0.3 is 18.3 Å². The number of carbonyl (C=O) groups is 1. The van der Waals surface area contributed by atoms with E-state index in [4.69, 9.17) is 0 Å². The summed E-state index contributed by atoms with van der Waals surface area (Å²) in [6.45, 7) is 5.98. The van der Waals surface area contributed by atoms with Crippen molar-refractivity contribution in [3.8, 4) is 0 Å². The summed E-state index contributed by atoms with van der Waals surface area (Å²) in [5.74, 6) is -2.44. The van der Waals surface area contributed by atoms with Crippen LogP contribution in [-0.2, 0) is 17.1 Å². The van der Waals surface area contributed by atoms with Gasteiger partial charge in [0.05, 0.1) is 11.1 Å². The highest BCUT2D eigenvalue weighted by Gasteiger charge is 2.38. The molecule has 10 heteroatoms. The molecule has 2 aromatic rings. The van der Waals surface area contributed by atoms with E-state index >= 15 is 4.39 Å². The molecule has 3 atom stereocenters. The number of alkyl halides is 6. The van der Waals surface area contributed by atoms with Crippen molar-refractivity contribution in [3.63, 3.8) is 0 Å². The molecule has 0 radical (unpaired) electrons. The highest BCUT2D eigenvalue weighted by molar-refractivity contribution is 5.67. The zero-order chi connectivity index (χ0) is 27.5. The first-order chi connectivity index (χ1) is 17.2. The second kappa shape index (κ2) is 11.2. The first-order valence-corrected chi connectivity index (χ1v) is 11.8. The first-order valence-electron chi connectivity index (χ1n) is 11.8. The Morgan fingerprint density at radius 2 is 1.65 bits per heavy atom. The number of carboxylic acids is 1. The van der Waals surface area contributed by atoms with Gasteiger partial charge in [0.25, 0.3) is 0 Å². The summed E-state index contributed by atoms with van der Waals surface area (Å²) in [5.41, 5.74) is -0.589. The molecule has 0 saturated carbocycles. The van der Waals surface area contributed by atoms with E-state index < -0.39 is 47.3 Å². The smallest absolute Gasteiger partial charge is 0.416 e. The van der Waals surface area contributed by atoms with E-state index in [-0.39, 0.29) is 24.3 Å². The van der Waals surface area contributed by atoms with Gasteiger partial charge in [0, 0.05) is 24.1 Å². The fraction of sp³-hybridized carbons (Fsp3) is 0.444. The Labute approximate surface area is 210 Å². The summed E-state index contributed by atoms with van der Waals surface area (Å²) in [7, 11) is 0. The molecular weight excluding hydrogens is 503 g/mol. The molecule has 1 aliphatic rings. The van der Waals surface area contributed by atoms with Gasteiger partial charge in [-0.3, -0.25) is 9.69 Å². The van der Waals surface area contributed by atoms with Gasteiger partial charge in [-0.15, -0.1) is 6.58 Å². The number of nitrogens with zero attached hydrogens (tertiary/aromatic N) is 1. The largest absolute Gasteiger partial charge is 0.481 e. The van der Waals surface area contributed by atoms with Gasteiger partial charge in [0.15, 0.2) is 0 Å². The highest BCUT2D eigenvalue weighted by Crippen LogP contribution is 2.44. The molecule has 3 unspecified atom stereocenters. The Balaban J connectivity index is 2.05. The fourth-order valence-electron chi connectivity index (χ4n) is 4.94. The average molecular weight is 532 g/mol. The molecule has 3 rings (SSSR count). The predicted octanol–water partition coefficient (Wildman–Crippen LogP) is 8.19. The maximum atomic E-state index is 15.1. The van der Waals surface area contributed by atoms with Crippen LogP contribution < -0.4 is 0 Å². The van der Waals surface area contributed by atoms with Crippen molar-refractivity contribution in [2.24, 2.45) is 5.92 Å². The van der Waals surface area contributed by atoms with Crippen LogP contribution in [0, 0.1) is 11.7 Å². The van der Waals surface area contributed by atoms with E-state index in [0.29, 0.717) is 37.4 Å². The maximum absolute atomic E-state index is 15.1. The van der Waals surface area contributed by atoms with Crippen molar-refractivity contribution < 1.29 is 40.6 Å². The number of hydrogen-bond acceptors (Lipinski definition) is 2. The topological polar surface area (TPSA) is 40.5 Å². The van der Waals surface area contributed by atoms with Gasteiger partial charge in [-0.2, -0.15) is 26.3 Å². The van der Waals surface area contributed by atoms with E-state index in [1.807, 2.05) is 4.90 Å². The zero-order valence-electron chi connectivity index (χ0n) is 20.2. The lowest BCUT2D eigenvalue weighted by atomic mass is 9.82. The van der Waals surface area contributed by atoms with E-state index in [0.717, 1.165) is 29.8 Å². The van der Waals surface area contributed by atoms with Crippen molar-refractivity contribution in [2.45, 2.75) is 63.5 Å². The Hall–Kier alpha value is -2.88. The normalized spacial score (nSPS) is 20.0. The van der Waals surface area contributed by atoms with Crippen molar-refractivity contribution in [2.75, 3.05) is 6.54 Å². The van der Waals surface area contributed by atoms with Gasteiger partial charge in [0.1, 0.15) is 5.82 Å². The number of carboxylic acid groups (broad SMARTS) is 1. The molecule has 0 aromatic heterocycles. The molecule has 2 aromatic carbocycles. The minimum Gasteiger partial charge on any atom is -0.481 e. The molecule has 37 heavy (non-hydrogen) atoms. The summed E-state index contributed by atoms with van der Waals surface area (Å²) in [6.07, 6.45) is -7.86. The predicted molar refractivity (Wildman–Crippen MR) is 124 cm³/mol. The maximum Gasteiger partial charge on any atom is 0.416 e. The van der Waals surface area contributed by atoms with Crippen molar-refractivity contribution in [1.29, 1.82) is 0 Å². The third-order valence-corrected chi connectivity index (χ3v) is 6.77. The van der Waals surface area contributed by atoms with Gasteiger partial charge in [0.2, 0.25) is 0 Å². The second-order valence-electron chi connectivity index (χ2n) is 9.61. The van der Waals surface area contributed by atoms with Gasteiger partial charge in [-0.05, 0) is 74.9 Å². The molecule has 1 saturated heterocycles. The fourth-order valence-corrected chi connectivity index (χ4v) is 4.94. The monoisotopic (exact) mass is 531 g/mol. The molecule has 202 valence electrons. The zero-order valence-corrected chi connectivity index (χ0v) is 20.2. The molecule has 1 fully saturated rings. The number of aliphatic carboxylic acids is 1. The molecule has 3 nitrogen and oxygen atoms in total. The van der Waals surface area contributed by atoms with Crippen molar-refractivity contribution in [1.82, 2.24) is 4.90 Å². The van der Waals surface area contributed by atoms with E-state index in [9.17, 15) is 36.2 Å². The van der Waals surface area contributed by atoms with Crippen LogP contribution in [0.1, 0.15) is 73.4 Å². The van der Waals surface area contributed by atoms with Gasteiger partial charge in [-0.25, -0.2) is 4.39 Å². The van der Waals surface area contributed by atoms with E-state index in [1.54, 1.807) is 6.92 Å². The minimum atomic E-state index is -4.73. The summed E-state index contributed by atoms with van der Waals surface area (Å²) >= 11 is 0. The Morgan fingerprint density at radius 3 is 2.16 bits per heavy atom. The number of hydrogen-bond donors (Lipinski definition) is 1. The average Bonchev–Trinajstić information content (AvgIpc) is 2.78. The third kappa shape index (κ3) is 7.34. The number of halogens is 7. The minimum absolute atomic E-state index is 0.00433. The number of allylic oxidation sites excluding steroid dienone is 1. The molecule has 0 bridgehead atoms. The molecule has 1 heterocycles. The van der Waals surface area contributed by atoms with Crippen LogP contribution in [0.25, 0.3) is 0 Å². The summed E-state index contributed by atoms with van der Waals surface area (Å²) < 4.78 is 93.9. The lowest BCUT2D eigenvalue weighted by Crippen LogP contribution is -2.40. The SMILES string of the molecule is C=C(C)CCC(c1ccc(C(F)(F)F)cc1)N1CCC(CC(=O)O)CC1c1ccc(C(F)(F)F)cc1F. The summed E-state index contributed by atoms with van der Waals surface area (Å²) in [6, 6.07) is 5.68. The first kappa shape index (κ1) is 28.7. The molecule has 0 spiro atoms. The quantitative estimate of drug-likeness (QED) is 0.276. The number of piperidine rings is 1.